The average molecular weight is 479 g/mol. The van der Waals surface area contributed by atoms with Crippen LogP contribution in [0.5, 0.6) is 0 Å². The molecule has 0 radical (unpaired) electrons. The molecule has 0 amide bonds. The largest absolute Gasteiger partial charge is 0.348 e. The maximum absolute atomic E-state index is 12.7. The fraction of sp³-hybridized carbons (Fsp3) is 0.536. The quantitative estimate of drug-likeness (QED) is 0.198. The topological polar surface area (TPSA) is 80.9 Å². The molecular formula is C28H42N6O. The van der Waals surface area contributed by atoms with Crippen molar-refractivity contribution < 1.29 is 4.79 Å². The maximum atomic E-state index is 12.7. The van der Waals surface area contributed by atoms with Crippen LogP contribution in [0.2, 0.25) is 0 Å². The second-order valence-corrected chi connectivity index (χ2v) is 9.43. The standard InChI is InChI=1S/C28H42N6O/c1-4-16-33(17-5-2)18-8-6-7-9-27(35)25-12-10-24(11-13-25)19-34(21-28-29-14-15-30-28)20-26-23(3)31-22-32-26/h10-15,22H,4-9,16-21H2,1-3H3,(H,29,30)(H,31,32). The van der Waals surface area contributed by atoms with Gasteiger partial charge in [-0.1, -0.05) is 44.5 Å². The molecule has 0 aliphatic carbocycles. The van der Waals surface area contributed by atoms with Crippen LogP contribution in [0.1, 0.15) is 85.5 Å². The number of imidazole rings is 2. The Hall–Kier alpha value is -2.77. The van der Waals surface area contributed by atoms with E-state index in [1.165, 1.54) is 37.9 Å². The summed E-state index contributed by atoms with van der Waals surface area (Å²) in [5, 5.41) is 0. The number of aromatic amines is 2. The number of benzene rings is 1. The summed E-state index contributed by atoms with van der Waals surface area (Å²) in [5.74, 6) is 1.17. The monoisotopic (exact) mass is 478 g/mol. The van der Waals surface area contributed by atoms with Crippen molar-refractivity contribution in [2.45, 2.75) is 78.9 Å². The van der Waals surface area contributed by atoms with Gasteiger partial charge in [-0.25, -0.2) is 9.97 Å². The van der Waals surface area contributed by atoms with Gasteiger partial charge in [0.2, 0.25) is 0 Å². The van der Waals surface area contributed by atoms with Gasteiger partial charge in [0, 0.05) is 43.2 Å². The summed E-state index contributed by atoms with van der Waals surface area (Å²) >= 11 is 0. The first kappa shape index (κ1) is 26.8. The molecule has 7 nitrogen and oxygen atoms in total. The number of unbranched alkanes of at least 4 members (excludes halogenated alkanes) is 2. The van der Waals surface area contributed by atoms with Gasteiger partial charge in [0.25, 0.3) is 0 Å². The van der Waals surface area contributed by atoms with E-state index in [1.807, 2.05) is 25.3 Å². The summed E-state index contributed by atoms with van der Waals surface area (Å²) in [4.78, 5) is 32.7. The van der Waals surface area contributed by atoms with E-state index in [0.29, 0.717) is 13.0 Å². The van der Waals surface area contributed by atoms with Crippen molar-refractivity contribution in [2.75, 3.05) is 19.6 Å². The molecule has 0 fully saturated rings. The summed E-state index contributed by atoms with van der Waals surface area (Å²) in [6.07, 6.45) is 11.7. The molecule has 0 aliphatic heterocycles. The van der Waals surface area contributed by atoms with Gasteiger partial charge < -0.3 is 14.9 Å². The van der Waals surface area contributed by atoms with E-state index >= 15 is 0 Å². The van der Waals surface area contributed by atoms with Gasteiger partial charge in [-0.15, -0.1) is 0 Å². The Kier molecular flexibility index (Phi) is 11.2. The Balaban J connectivity index is 1.48. The minimum atomic E-state index is 0.245. The van der Waals surface area contributed by atoms with E-state index in [-0.39, 0.29) is 5.78 Å². The van der Waals surface area contributed by atoms with Crippen molar-refractivity contribution in [1.82, 2.24) is 29.7 Å². The van der Waals surface area contributed by atoms with Crippen LogP contribution in [0.3, 0.4) is 0 Å². The Labute approximate surface area is 210 Å². The summed E-state index contributed by atoms with van der Waals surface area (Å²) in [7, 11) is 0. The molecule has 0 saturated carbocycles. The Bertz CT molecular complexity index is 973. The number of hydrogen-bond acceptors (Lipinski definition) is 5. The molecule has 3 aromatic rings. The number of aryl methyl sites for hydroxylation is 1. The van der Waals surface area contributed by atoms with Gasteiger partial charge >= 0.3 is 0 Å². The van der Waals surface area contributed by atoms with Gasteiger partial charge in [-0.05, 0) is 57.8 Å². The Morgan fingerprint density at radius 1 is 0.857 bits per heavy atom. The fourth-order valence-electron chi connectivity index (χ4n) is 4.49. The molecule has 0 saturated heterocycles. The highest BCUT2D eigenvalue weighted by Crippen LogP contribution is 2.15. The van der Waals surface area contributed by atoms with Crippen molar-refractivity contribution >= 4 is 5.78 Å². The van der Waals surface area contributed by atoms with Crippen molar-refractivity contribution in [3.8, 4) is 0 Å². The summed E-state index contributed by atoms with van der Waals surface area (Å²) in [6.45, 7) is 12.2. The fourth-order valence-corrected chi connectivity index (χ4v) is 4.49. The Morgan fingerprint density at radius 3 is 2.26 bits per heavy atom. The lowest BCUT2D eigenvalue weighted by atomic mass is 10.0. The van der Waals surface area contributed by atoms with Crippen LogP contribution in [-0.4, -0.2) is 55.2 Å². The van der Waals surface area contributed by atoms with Gasteiger partial charge in [0.05, 0.1) is 18.6 Å². The number of ketones is 1. The molecule has 7 heteroatoms. The molecule has 0 atom stereocenters. The number of nitrogens with zero attached hydrogens (tertiary/aromatic N) is 4. The van der Waals surface area contributed by atoms with Crippen LogP contribution in [-0.2, 0) is 19.6 Å². The SMILES string of the molecule is CCCN(CCC)CCCCCC(=O)c1ccc(CN(Cc2ncc[nH]2)Cc2nc[nH]c2C)cc1. The van der Waals surface area contributed by atoms with Gasteiger partial charge in [-0.3, -0.25) is 9.69 Å². The molecule has 2 N–H and O–H groups in total. The number of hydrogen-bond donors (Lipinski definition) is 2. The molecule has 2 aromatic heterocycles. The van der Waals surface area contributed by atoms with Crippen LogP contribution >= 0.6 is 0 Å². The van der Waals surface area contributed by atoms with E-state index in [9.17, 15) is 4.79 Å². The second-order valence-electron chi connectivity index (χ2n) is 9.43. The predicted molar refractivity (Wildman–Crippen MR) is 141 cm³/mol. The smallest absolute Gasteiger partial charge is 0.162 e. The molecule has 2 heterocycles. The number of aromatic nitrogens is 4. The molecule has 0 spiro atoms. The van der Waals surface area contributed by atoms with Crippen molar-refractivity contribution in [3.05, 3.63) is 71.3 Å². The average Bonchev–Trinajstić information content (AvgIpc) is 3.51. The van der Waals surface area contributed by atoms with E-state index in [0.717, 1.165) is 55.3 Å². The molecular weight excluding hydrogens is 436 g/mol. The summed E-state index contributed by atoms with van der Waals surface area (Å²) < 4.78 is 0. The zero-order chi connectivity index (χ0) is 24.9. The maximum Gasteiger partial charge on any atom is 0.162 e. The number of carbonyl (C=O) groups excluding carboxylic acids is 1. The number of Topliss-reactive ketones (excluding diaryl/α,β-unsaturated/α-hetero) is 1. The molecule has 0 unspecified atom stereocenters. The molecule has 1 aromatic carbocycles. The predicted octanol–water partition coefficient (Wildman–Crippen LogP) is 5.51. The molecule has 0 aliphatic rings. The number of rotatable bonds is 17. The van der Waals surface area contributed by atoms with Crippen molar-refractivity contribution in [1.29, 1.82) is 0 Å². The van der Waals surface area contributed by atoms with E-state index in [2.05, 4.69) is 55.7 Å². The first-order chi connectivity index (χ1) is 17.1. The molecule has 35 heavy (non-hydrogen) atoms. The zero-order valence-corrected chi connectivity index (χ0v) is 21.7. The van der Waals surface area contributed by atoms with Gasteiger partial charge in [0.15, 0.2) is 5.78 Å². The number of nitrogens with one attached hydrogen (secondary N) is 2. The summed E-state index contributed by atoms with van der Waals surface area (Å²) in [5.41, 5.74) is 4.11. The van der Waals surface area contributed by atoms with Crippen LogP contribution in [0, 0.1) is 6.92 Å². The highest BCUT2D eigenvalue weighted by molar-refractivity contribution is 5.96. The first-order valence-corrected chi connectivity index (χ1v) is 13.1. The third-order valence-electron chi connectivity index (χ3n) is 6.38. The molecule has 3 rings (SSSR count). The normalized spacial score (nSPS) is 11.6. The second kappa shape index (κ2) is 14.6. The van der Waals surface area contributed by atoms with E-state index < -0.39 is 0 Å². The minimum Gasteiger partial charge on any atom is -0.348 e. The van der Waals surface area contributed by atoms with Crippen LogP contribution in [0.4, 0.5) is 0 Å². The van der Waals surface area contributed by atoms with Crippen LogP contribution in [0.15, 0.2) is 43.0 Å². The molecule has 0 bridgehead atoms. The van der Waals surface area contributed by atoms with Crippen LogP contribution in [0.25, 0.3) is 0 Å². The lowest BCUT2D eigenvalue weighted by molar-refractivity contribution is 0.0978. The highest BCUT2D eigenvalue weighted by atomic mass is 16.1. The first-order valence-electron chi connectivity index (χ1n) is 13.1. The lowest BCUT2D eigenvalue weighted by Crippen LogP contribution is -2.26. The highest BCUT2D eigenvalue weighted by Gasteiger charge is 2.13. The van der Waals surface area contributed by atoms with Crippen molar-refractivity contribution in [3.63, 3.8) is 0 Å². The molecule has 190 valence electrons. The van der Waals surface area contributed by atoms with E-state index in [4.69, 9.17) is 0 Å². The summed E-state index contributed by atoms with van der Waals surface area (Å²) in [6, 6.07) is 8.11. The zero-order valence-electron chi connectivity index (χ0n) is 21.7. The van der Waals surface area contributed by atoms with Gasteiger partial charge in [0.1, 0.15) is 5.82 Å². The number of carbonyl (C=O) groups is 1. The van der Waals surface area contributed by atoms with Gasteiger partial charge in [-0.2, -0.15) is 0 Å². The third-order valence-corrected chi connectivity index (χ3v) is 6.38. The van der Waals surface area contributed by atoms with Crippen LogP contribution < -0.4 is 0 Å². The number of H-pyrrole nitrogens is 2. The van der Waals surface area contributed by atoms with Crippen molar-refractivity contribution in [2.24, 2.45) is 0 Å². The lowest BCUT2D eigenvalue weighted by Gasteiger charge is -2.21. The third kappa shape index (κ3) is 9.07. The Morgan fingerprint density at radius 2 is 1.63 bits per heavy atom. The minimum absolute atomic E-state index is 0.245. The van der Waals surface area contributed by atoms with E-state index in [1.54, 1.807) is 12.5 Å².